The van der Waals surface area contributed by atoms with Gasteiger partial charge in [0.05, 0.1) is 37.2 Å². The van der Waals surface area contributed by atoms with Gasteiger partial charge in [-0.2, -0.15) is 0 Å². The number of hydrogen-bond acceptors (Lipinski definition) is 6. The Labute approximate surface area is 247 Å². The molecule has 3 heterocycles. The number of halogens is 1. The molecule has 1 spiro atoms. The number of unbranched alkanes of at least 4 members (excludes halogenated alkanes) is 2. The molecule has 0 radical (unpaired) electrons. The highest BCUT2D eigenvalue weighted by Crippen LogP contribution is 2.61. The Morgan fingerprint density at radius 2 is 1.98 bits per heavy atom. The number of esters is 1. The monoisotopic (exact) mass is 622 g/mol. The van der Waals surface area contributed by atoms with Gasteiger partial charge >= 0.3 is 5.97 Å². The summed E-state index contributed by atoms with van der Waals surface area (Å²) in [5, 5.41) is 10.6. The first-order valence-corrected chi connectivity index (χ1v) is 16.1. The Kier molecular flexibility index (Phi) is 10.5. The summed E-state index contributed by atoms with van der Waals surface area (Å²) >= 11 is 3.73. The second-order valence-electron chi connectivity index (χ2n) is 12.1. The van der Waals surface area contributed by atoms with Crippen molar-refractivity contribution in [2.75, 3.05) is 19.8 Å². The van der Waals surface area contributed by atoms with Crippen LogP contribution in [0.5, 0.6) is 0 Å². The number of rotatable bonds is 14. The van der Waals surface area contributed by atoms with E-state index in [1.165, 1.54) is 0 Å². The van der Waals surface area contributed by atoms with Crippen LogP contribution in [0.15, 0.2) is 25.3 Å². The molecule has 9 heteroatoms. The van der Waals surface area contributed by atoms with Crippen molar-refractivity contribution in [2.24, 2.45) is 17.8 Å². The van der Waals surface area contributed by atoms with Gasteiger partial charge in [0.1, 0.15) is 11.6 Å². The van der Waals surface area contributed by atoms with Gasteiger partial charge < -0.3 is 24.4 Å². The van der Waals surface area contributed by atoms with E-state index < -0.39 is 41.6 Å². The molecule has 2 amide bonds. The Bertz CT molecular complexity index is 954. The van der Waals surface area contributed by atoms with Crippen molar-refractivity contribution in [1.29, 1.82) is 0 Å². The van der Waals surface area contributed by atoms with Crippen LogP contribution in [-0.2, 0) is 23.9 Å². The fraction of sp³-hybridized carbons (Fsp3) is 0.774. The number of fused-ring (bicyclic) bond motifs is 1. The average Bonchev–Trinajstić information content (AvgIpc) is 3.55. The molecule has 8 atom stereocenters. The van der Waals surface area contributed by atoms with Crippen LogP contribution in [-0.4, -0.2) is 87.1 Å². The molecular formula is C31H47BrN2O6. The summed E-state index contributed by atoms with van der Waals surface area (Å²) < 4.78 is 12.3. The molecule has 3 unspecified atom stereocenters. The number of carbonyl (C=O) groups excluding carboxylic acids is 3. The molecule has 4 aliphatic rings. The molecule has 0 aromatic rings. The first-order valence-electron chi connectivity index (χ1n) is 15.2. The van der Waals surface area contributed by atoms with E-state index in [9.17, 15) is 19.5 Å². The lowest BCUT2D eigenvalue weighted by molar-refractivity contribution is -0.157. The van der Waals surface area contributed by atoms with Crippen molar-refractivity contribution in [1.82, 2.24) is 9.80 Å². The molecule has 1 saturated carbocycles. The van der Waals surface area contributed by atoms with Crippen molar-refractivity contribution in [3.8, 4) is 0 Å². The van der Waals surface area contributed by atoms with Crippen LogP contribution >= 0.6 is 15.9 Å². The maximum atomic E-state index is 14.7. The van der Waals surface area contributed by atoms with E-state index in [0.29, 0.717) is 19.4 Å². The molecule has 1 aliphatic carbocycles. The molecule has 1 N–H and O–H groups in total. The minimum atomic E-state index is -1.16. The molecule has 0 aromatic carbocycles. The highest BCUT2D eigenvalue weighted by molar-refractivity contribution is 9.09. The summed E-state index contributed by atoms with van der Waals surface area (Å²) in [6.07, 6.45) is 11.7. The lowest BCUT2D eigenvalue weighted by Crippen LogP contribution is -2.61. The molecule has 224 valence electrons. The predicted molar refractivity (Wildman–Crippen MR) is 157 cm³/mol. The van der Waals surface area contributed by atoms with Crippen molar-refractivity contribution >= 4 is 33.7 Å². The number of allylic oxidation sites excluding steroid dienone is 1. The van der Waals surface area contributed by atoms with Gasteiger partial charge in [-0.3, -0.25) is 14.4 Å². The van der Waals surface area contributed by atoms with Crippen molar-refractivity contribution in [3.63, 3.8) is 0 Å². The van der Waals surface area contributed by atoms with Gasteiger partial charge in [-0.25, -0.2) is 0 Å². The van der Waals surface area contributed by atoms with Crippen LogP contribution in [0, 0.1) is 17.8 Å². The number of aliphatic hydroxyl groups is 1. The zero-order valence-corrected chi connectivity index (χ0v) is 25.7. The van der Waals surface area contributed by atoms with Crippen LogP contribution in [0.25, 0.3) is 0 Å². The average molecular weight is 624 g/mol. The lowest BCUT2D eigenvalue weighted by Gasteiger charge is -2.43. The molecule has 3 saturated heterocycles. The van der Waals surface area contributed by atoms with Crippen molar-refractivity contribution < 1.29 is 29.0 Å². The fourth-order valence-corrected chi connectivity index (χ4v) is 8.50. The number of hydrogen-bond donors (Lipinski definition) is 1. The third-order valence-corrected chi connectivity index (χ3v) is 10.6. The quantitative estimate of drug-likeness (QED) is 0.134. The lowest BCUT2D eigenvalue weighted by atomic mass is 9.70. The summed E-state index contributed by atoms with van der Waals surface area (Å²) in [7, 11) is 0. The Morgan fingerprint density at radius 3 is 2.60 bits per heavy atom. The number of aliphatic hydroxyl groups excluding tert-OH is 1. The Hall–Kier alpha value is -1.71. The van der Waals surface area contributed by atoms with Crippen LogP contribution < -0.4 is 0 Å². The van der Waals surface area contributed by atoms with Gasteiger partial charge in [-0.15, -0.1) is 13.2 Å². The third kappa shape index (κ3) is 5.54. The van der Waals surface area contributed by atoms with Crippen LogP contribution in [0.3, 0.4) is 0 Å². The number of nitrogens with zero attached hydrogens (tertiary/aromatic N) is 2. The highest BCUT2D eigenvalue weighted by Gasteiger charge is 2.77. The number of carbonyl (C=O) groups is 3. The zero-order chi connectivity index (χ0) is 29.0. The Morgan fingerprint density at radius 1 is 1.25 bits per heavy atom. The van der Waals surface area contributed by atoms with Crippen molar-refractivity contribution in [2.45, 2.75) is 113 Å². The zero-order valence-electron chi connectivity index (χ0n) is 24.1. The number of alkyl halides is 1. The summed E-state index contributed by atoms with van der Waals surface area (Å²) in [4.78, 5) is 45.9. The standard InChI is InChI=1S/C31H47BrN2O6/c1-5-8-9-13-17-39-30(38)24-25-28(36)34(23(19-35)20(4)7-3)27(31(25)18-22(32)26(24)40-31)29(37)33(16-6-2)21-14-11-10-12-15-21/h5-6,20-27,35H,1-2,7-19H2,3-4H3/t20-,22?,23-,24+,25-,26+,27?,31?/m0/s1. The molecule has 4 fully saturated rings. The summed E-state index contributed by atoms with van der Waals surface area (Å²) in [6, 6.07) is -1.42. The molecule has 8 nitrogen and oxygen atoms in total. The van der Waals surface area contributed by atoms with Gasteiger partial charge in [0.2, 0.25) is 11.8 Å². The topological polar surface area (TPSA) is 96.4 Å². The summed E-state index contributed by atoms with van der Waals surface area (Å²) in [5.74, 6) is -2.56. The van der Waals surface area contributed by atoms with Gasteiger partial charge in [0.25, 0.3) is 0 Å². The number of ether oxygens (including phenoxy) is 2. The van der Waals surface area contributed by atoms with E-state index in [-0.39, 0.29) is 41.8 Å². The minimum Gasteiger partial charge on any atom is -0.465 e. The highest BCUT2D eigenvalue weighted by atomic mass is 79.9. The van der Waals surface area contributed by atoms with E-state index in [1.807, 2.05) is 24.8 Å². The first kappa shape index (κ1) is 31.2. The molecule has 40 heavy (non-hydrogen) atoms. The largest absolute Gasteiger partial charge is 0.465 e. The van der Waals surface area contributed by atoms with Crippen LogP contribution in [0.1, 0.15) is 78.1 Å². The molecule has 3 aliphatic heterocycles. The SMILES string of the molecule is C=CCCCCOC(=O)[C@H]1[C@@H]2OC3(CC2Br)C(C(=O)N(CC=C)C2CCCCC2)N([C@@H](CO)[C@@H](C)CC)C(=O)[C@H]13. The number of likely N-dealkylation sites (tertiary alicyclic amines) is 1. The van der Waals surface area contributed by atoms with Gasteiger partial charge in [-0.05, 0) is 44.4 Å². The van der Waals surface area contributed by atoms with E-state index >= 15 is 0 Å². The molecule has 0 aromatic heterocycles. The van der Waals surface area contributed by atoms with Gasteiger partial charge in [-0.1, -0.05) is 67.6 Å². The second-order valence-corrected chi connectivity index (χ2v) is 13.2. The van der Waals surface area contributed by atoms with Gasteiger partial charge in [0, 0.05) is 17.4 Å². The predicted octanol–water partition coefficient (Wildman–Crippen LogP) is 4.39. The van der Waals surface area contributed by atoms with E-state index in [0.717, 1.165) is 51.4 Å². The maximum absolute atomic E-state index is 14.7. The third-order valence-electron chi connectivity index (χ3n) is 9.75. The summed E-state index contributed by atoms with van der Waals surface area (Å²) in [5.41, 5.74) is -1.16. The van der Waals surface area contributed by atoms with Crippen LogP contribution in [0.4, 0.5) is 0 Å². The second kappa shape index (κ2) is 13.5. The fourth-order valence-electron chi connectivity index (χ4n) is 7.56. The van der Waals surface area contributed by atoms with E-state index in [1.54, 1.807) is 11.0 Å². The molecule has 4 rings (SSSR count). The van der Waals surface area contributed by atoms with E-state index in [2.05, 4.69) is 29.1 Å². The van der Waals surface area contributed by atoms with E-state index in [4.69, 9.17) is 9.47 Å². The normalized spacial score (nSPS) is 33.0. The van der Waals surface area contributed by atoms with Crippen LogP contribution in [0.2, 0.25) is 0 Å². The molecule has 2 bridgehead atoms. The smallest absolute Gasteiger partial charge is 0.312 e. The molecular weight excluding hydrogens is 576 g/mol. The summed E-state index contributed by atoms with van der Waals surface area (Å²) in [6.45, 7) is 12.0. The van der Waals surface area contributed by atoms with Gasteiger partial charge in [0.15, 0.2) is 0 Å². The number of amides is 2. The minimum absolute atomic E-state index is 0.0470. The first-order chi connectivity index (χ1) is 19.3. The van der Waals surface area contributed by atoms with Crippen molar-refractivity contribution in [3.05, 3.63) is 25.3 Å². The Balaban J connectivity index is 1.72. The maximum Gasteiger partial charge on any atom is 0.312 e.